The lowest BCUT2D eigenvalue weighted by atomic mass is 10.4. The molecule has 0 radical (unpaired) electrons. The Kier molecular flexibility index (Phi) is 5.09. The molecule has 0 fully saturated rings. The first kappa shape index (κ1) is 14.9. The second-order valence-electron chi connectivity index (χ2n) is 3.56. The van der Waals surface area contributed by atoms with E-state index in [4.69, 9.17) is 4.18 Å². The van der Waals surface area contributed by atoms with Gasteiger partial charge in [0.25, 0.3) is 0 Å². The fourth-order valence-electron chi connectivity index (χ4n) is 1.37. The molecule has 0 atom stereocenters. The normalized spacial score (nSPS) is 10.5. The maximum Gasteiger partial charge on any atom is 0.339 e. The number of halogens is 1. The largest absolute Gasteiger partial charge is 1.00 e. The number of benzene rings is 1. The van der Waals surface area contributed by atoms with E-state index >= 15 is 0 Å². The Morgan fingerprint density at radius 2 is 1.72 bits per heavy atom. The van der Waals surface area contributed by atoms with Crippen molar-refractivity contribution >= 4 is 10.1 Å². The summed E-state index contributed by atoms with van der Waals surface area (Å²) in [6.45, 7) is 0. The SMILES string of the molecule is C[n+]1cccc(OS(=O)(=O)c2ccccc2)c1.[I-]. The van der Waals surface area contributed by atoms with Crippen molar-refractivity contribution in [2.75, 3.05) is 0 Å². The van der Waals surface area contributed by atoms with E-state index in [0.717, 1.165) is 0 Å². The van der Waals surface area contributed by atoms with Crippen molar-refractivity contribution in [2.24, 2.45) is 7.05 Å². The number of hydrogen-bond donors (Lipinski definition) is 0. The van der Waals surface area contributed by atoms with E-state index < -0.39 is 10.1 Å². The predicted octanol–water partition coefficient (Wildman–Crippen LogP) is -1.72. The molecule has 2 rings (SSSR count). The van der Waals surface area contributed by atoms with Gasteiger partial charge in [0.2, 0.25) is 11.9 Å². The van der Waals surface area contributed by atoms with Crippen LogP contribution in [0, 0.1) is 0 Å². The molecule has 0 aliphatic carbocycles. The summed E-state index contributed by atoms with van der Waals surface area (Å²) < 4.78 is 30.5. The zero-order valence-corrected chi connectivity index (χ0v) is 12.6. The molecule has 1 aromatic heterocycles. The van der Waals surface area contributed by atoms with Gasteiger partial charge in [0, 0.05) is 6.07 Å². The van der Waals surface area contributed by atoms with Crippen molar-refractivity contribution < 1.29 is 41.1 Å². The molecule has 18 heavy (non-hydrogen) atoms. The molecule has 0 N–H and O–H groups in total. The Hall–Kier alpha value is -1.15. The molecule has 0 unspecified atom stereocenters. The predicted molar refractivity (Wildman–Crippen MR) is 61.9 cm³/mol. The molecule has 6 heteroatoms. The summed E-state index contributed by atoms with van der Waals surface area (Å²) >= 11 is 0. The molecular weight excluding hydrogens is 365 g/mol. The maximum atomic E-state index is 11.9. The number of hydrogen-bond acceptors (Lipinski definition) is 3. The molecule has 0 bridgehead atoms. The van der Waals surface area contributed by atoms with Crippen LogP contribution in [0.3, 0.4) is 0 Å². The first-order valence-electron chi connectivity index (χ1n) is 5.03. The van der Waals surface area contributed by atoms with Gasteiger partial charge in [-0.2, -0.15) is 8.42 Å². The fraction of sp³-hybridized carbons (Fsp3) is 0.0833. The molecule has 0 aliphatic heterocycles. The lowest BCUT2D eigenvalue weighted by Gasteiger charge is -2.05. The zero-order chi connectivity index (χ0) is 12.3. The summed E-state index contributed by atoms with van der Waals surface area (Å²) in [7, 11) is -1.95. The van der Waals surface area contributed by atoms with E-state index in [1.807, 2.05) is 0 Å². The van der Waals surface area contributed by atoms with Gasteiger partial charge in [-0.1, -0.05) is 18.2 Å². The van der Waals surface area contributed by atoms with Crippen LogP contribution in [-0.2, 0) is 17.2 Å². The number of aryl methyl sites for hydroxylation is 1. The molecule has 0 amide bonds. The van der Waals surface area contributed by atoms with Crippen LogP contribution in [0.5, 0.6) is 5.75 Å². The van der Waals surface area contributed by atoms with Crippen molar-refractivity contribution in [1.82, 2.24) is 0 Å². The van der Waals surface area contributed by atoms with Crippen molar-refractivity contribution in [3.8, 4) is 5.75 Å². The van der Waals surface area contributed by atoms with E-state index in [9.17, 15) is 8.42 Å². The molecule has 0 saturated heterocycles. The summed E-state index contributed by atoms with van der Waals surface area (Å²) in [5, 5.41) is 0. The third-order valence-electron chi connectivity index (χ3n) is 2.15. The van der Waals surface area contributed by atoms with Crippen molar-refractivity contribution in [3.05, 3.63) is 54.9 Å². The number of rotatable bonds is 3. The molecule has 1 aromatic carbocycles. The molecule has 1 heterocycles. The second kappa shape index (κ2) is 6.14. The minimum absolute atomic E-state index is 0. The van der Waals surface area contributed by atoms with E-state index in [2.05, 4.69) is 0 Å². The van der Waals surface area contributed by atoms with Crippen LogP contribution in [0.4, 0.5) is 0 Å². The first-order valence-corrected chi connectivity index (χ1v) is 6.43. The average molecular weight is 377 g/mol. The lowest BCUT2D eigenvalue weighted by Crippen LogP contribution is -3.00. The number of aromatic nitrogens is 1. The van der Waals surface area contributed by atoms with Gasteiger partial charge in [-0.25, -0.2) is 4.57 Å². The quantitative estimate of drug-likeness (QED) is 0.364. The molecule has 96 valence electrons. The standard InChI is InChI=1S/C12H12NO3S.HI/c1-13-9-5-6-11(10-13)16-17(14,15)12-7-3-2-4-8-12;/h2-10H,1H3;1H/q+1;/p-1. The Bertz CT molecular complexity index is 614. The summed E-state index contributed by atoms with van der Waals surface area (Å²) in [4.78, 5) is 0.145. The van der Waals surface area contributed by atoms with E-state index in [1.54, 1.807) is 54.3 Å². The highest BCUT2D eigenvalue weighted by Gasteiger charge is 2.16. The van der Waals surface area contributed by atoms with Crippen LogP contribution < -0.4 is 32.7 Å². The minimum atomic E-state index is -3.74. The third kappa shape index (κ3) is 3.67. The van der Waals surface area contributed by atoms with Gasteiger partial charge in [0.1, 0.15) is 11.9 Å². The summed E-state index contributed by atoms with van der Waals surface area (Å²) in [6.07, 6.45) is 3.39. The van der Waals surface area contributed by atoms with Gasteiger partial charge < -0.3 is 28.2 Å². The summed E-state index contributed by atoms with van der Waals surface area (Å²) in [5.74, 6) is 0.291. The monoisotopic (exact) mass is 377 g/mol. The van der Waals surface area contributed by atoms with Gasteiger partial charge in [0.15, 0.2) is 6.20 Å². The lowest BCUT2D eigenvalue weighted by molar-refractivity contribution is -0.671. The summed E-state index contributed by atoms with van der Waals surface area (Å²) in [6, 6.07) is 11.4. The van der Waals surface area contributed by atoms with Crippen molar-refractivity contribution in [3.63, 3.8) is 0 Å². The van der Waals surface area contributed by atoms with Crippen LogP contribution in [0.25, 0.3) is 0 Å². The summed E-state index contributed by atoms with van der Waals surface area (Å²) in [5.41, 5.74) is 0. The minimum Gasteiger partial charge on any atom is -1.00 e. The average Bonchev–Trinajstić information content (AvgIpc) is 2.29. The fourth-order valence-corrected chi connectivity index (χ4v) is 2.31. The topological polar surface area (TPSA) is 47.2 Å². The van der Waals surface area contributed by atoms with Crippen LogP contribution in [-0.4, -0.2) is 8.42 Å². The highest BCUT2D eigenvalue weighted by Crippen LogP contribution is 2.16. The molecule has 2 aromatic rings. The molecule has 0 spiro atoms. The second-order valence-corrected chi connectivity index (χ2v) is 5.10. The molecular formula is C12H12INO3S. The Morgan fingerprint density at radius 3 is 2.33 bits per heavy atom. The molecule has 0 saturated carbocycles. The number of pyridine rings is 1. The van der Waals surface area contributed by atoms with Crippen LogP contribution in [0.15, 0.2) is 59.8 Å². The van der Waals surface area contributed by atoms with E-state index in [1.165, 1.54) is 12.1 Å². The Labute approximate surface area is 123 Å². The van der Waals surface area contributed by atoms with Crippen LogP contribution in [0.1, 0.15) is 0 Å². The van der Waals surface area contributed by atoms with E-state index in [0.29, 0.717) is 5.75 Å². The zero-order valence-electron chi connectivity index (χ0n) is 9.65. The third-order valence-corrected chi connectivity index (χ3v) is 3.41. The van der Waals surface area contributed by atoms with E-state index in [-0.39, 0.29) is 28.9 Å². The molecule has 0 aliphatic rings. The van der Waals surface area contributed by atoms with Gasteiger partial charge in [-0.3, -0.25) is 0 Å². The Balaban J connectivity index is 0.00000162. The smallest absolute Gasteiger partial charge is 0.339 e. The number of nitrogens with zero attached hydrogens (tertiary/aromatic N) is 1. The van der Waals surface area contributed by atoms with Gasteiger partial charge >= 0.3 is 10.1 Å². The van der Waals surface area contributed by atoms with Crippen molar-refractivity contribution in [1.29, 1.82) is 0 Å². The molecule has 4 nitrogen and oxygen atoms in total. The van der Waals surface area contributed by atoms with Gasteiger partial charge in [-0.05, 0) is 18.2 Å². The highest BCUT2D eigenvalue weighted by atomic mass is 127. The first-order chi connectivity index (χ1) is 8.08. The maximum absolute atomic E-state index is 11.9. The van der Waals surface area contributed by atoms with Crippen LogP contribution in [0.2, 0.25) is 0 Å². The van der Waals surface area contributed by atoms with Gasteiger partial charge in [-0.15, -0.1) is 0 Å². The van der Waals surface area contributed by atoms with Gasteiger partial charge in [0.05, 0.1) is 0 Å². The van der Waals surface area contributed by atoms with Crippen molar-refractivity contribution in [2.45, 2.75) is 4.90 Å². The van der Waals surface area contributed by atoms with Crippen LogP contribution >= 0.6 is 0 Å². The highest BCUT2D eigenvalue weighted by molar-refractivity contribution is 7.87. The Morgan fingerprint density at radius 1 is 1.06 bits per heavy atom.